The third-order valence-corrected chi connectivity index (χ3v) is 3.86. The molecule has 0 spiro atoms. The summed E-state index contributed by atoms with van der Waals surface area (Å²) in [6.45, 7) is 0.485. The number of nitrogens with one attached hydrogen (secondary N) is 1. The highest BCUT2D eigenvalue weighted by atomic mass is 16.5. The maximum Gasteiger partial charge on any atom is 0.251 e. The summed E-state index contributed by atoms with van der Waals surface area (Å²) in [5.74, 6) is 0.454. The van der Waals surface area contributed by atoms with Crippen LogP contribution >= 0.6 is 0 Å². The van der Waals surface area contributed by atoms with Crippen LogP contribution in [-0.2, 0) is 4.79 Å². The van der Waals surface area contributed by atoms with Crippen molar-refractivity contribution in [2.75, 3.05) is 18.6 Å². The van der Waals surface area contributed by atoms with Gasteiger partial charge in [-0.3, -0.25) is 9.59 Å². The zero-order chi connectivity index (χ0) is 16.2. The monoisotopic (exact) mass is 310 g/mol. The Hall–Kier alpha value is -2.82. The van der Waals surface area contributed by atoms with Crippen molar-refractivity contribution in [3.05, 3.63) is 60.2 Å². The lowest BCUT2D eigenvalue weighted by Gasteiger charge is -2.17. The molecule has 2 aromatic rings. The Morgan fingerprint density at radius 2 is 1.96 bits per heavy atom. The Balaban J connectivity index is 1.67. The normalized spacial score (nSPS) is 17.2. The fourth-order valence-electron chi connectivity index (χ4n) is 2.69. The Morgan fingerprint density at radius 1 is 1.17 bits per heavy atom. The molecule has 118 valence electrons. The van der Waals surface area contributed by atoms with E-state index < -0.39 is 0 Å². The highest BCUT2D eigenvalue weighted by Crippen LogP contribution is 2.21. The van der Waals surface area contributed by atoms with Crippen molar-refractivity contribution in [2.24, 2.45) is 0 Å². The third kappa shape index (κ3) is 3.34. The number of nitrogens with zero attached hydrogens (tertiary/aromatic N) is 1. The number of carbonyl (C=O) groups excluding carboxylic acids is 2. The Morgan fingerprint density at radius 3 is 2.70 bits per heavy atom. The van der Waals surface area contributed by atoms with Crippen LogP contribution in [0, 0.1) is 0 Å². The lowest BCUT2D eigenvalue weighted by molar-refractivity contribution is -0.117. The van der Waals surface area contributed by atoms with Crippen LogP contribution in [0.4, 0.5) is 5.69 Å². The standard InChI is InChI=1S/C18H18N2O3/c1-23-16-9-5-6-13(10-16)18(22)19-14-11-17(21)20(12-14)15-7-3-2-4-8-15/h2-10,14H,11-12H2,1H3,(H,19,22)/t14-/m0/s1. The van der Waals surface area contributed by atoms with Gasteiger partial charge >= 0.3 is 0 Å². The first-order valence-electron chi connectivity index (χ1n) is 7.47. The molecular weight excluding hydrogens is 292 g/mol. The van der Waals surface area contributed by atoms with E-state index in [1.54, 1.807) is 36.3 Å². The van der Waals surface area contributed by atoms with E-state index in [4.69, 9.17) is 4.74 Å². The number of benzene rings is 2. The van der Waals surface area contributed by atoms with E-state index in [1.807, 2.05) is 30.3 Å². The van der Waals surface area contributed by atoms with Crippen molar-refractivity contribution in [1.29, 1.82) is 0 Å². The molecule has 23 heavy (non-hydrogen) atoms. The lowest BCUT2D eigenvalue weighted by atomic mass is 10.1. The van der Waals surface area contributed by atoms with Crippen LogP contribution in [0.15, 0.2) is 54.6 Å². The van der Waals surface area contributed by atoms with Crippen LogP contribution in [0.25, 0.3) is 0 Å². The van der Waals surface area contributed by atoms with Crippen LogP contribution in [0.5, 0.6) is 5.75 Å². The number of carbonyl (C=O) groups is 2. The van der Waals surface area contributed by atoms with Crippen molar-refractivity contribution in [2.45, 2.75) is 12.5 Å². The summed E-state index contributed by atoms with van der Waals surface area (Å²) in [5, 5.41) is 2.92. The number of hydrogen-bond acceptors (Lipinski definition) is 3. The summed E-state index contributed by atoms with van der Waals surface area (Å²) in [6.07, 6.45) is 0.310. The maximum absolute atomic E-state index is 12.3. The van der Waals surface area contributed by atoms with E-state index in [-0.39, 0.29) is 17.9 Å². The molecule has 5 nitrogen and oxygen atoms in total. The minimum Gasteiger partial charge on any atom is -0.497 e. The molecule has 1 heterocycles. The van der Waals surface area contributed by atoms with Crippen molar-refractivity contribution in [3.8, 4) is 5.75 Å². The zero-order valence-electron chi connectivity index (χ0n) is 12.9. The second-order valence-electron chi connectivity index (χ2n) is 5.45. The van der Waals surface area contributed by atoms with Crippen molar-refractivity contribution in [3.63, 3.8) is 0 Å². The summed E-state index contributed by atoms with van der Waals surface area (Å²) in [6, 6.07) is 16.2. The van der Waals surface area contributed by atoms with Gasteiger partial charge in [0.25, 0.3) is 5.91 Å². The smallest absolute Gasteiger partial charge is 0.251 e. The van der Waals surface area contributed by atoms with Gasteiger partial charge in [-0.15, -0.1) is 0 Å². The van der Waals surface area contributed by atoms with E-state index in [0.717, 1.165) is 5.69 Å². The second-order valence-corrected chi connectivity index (χ2v) is 5.45. The molecule has 2 aromatic carbocycles. The van der Waals surface area contributed by atoms with Gasteiger partial charge in [-0.2, -0.15) is 0 Å². The number of hydrogen-bond donors (Lipinski definition) is 1. The van der Waals surface area contributed by atoms with E-state index in [2.05, 4.69) is 5.32 Å². The highest BCUT2D eigenvalue weighted by Gasteiger charge is 2.31. The molecule has 1 aliphatic heterocycles. The van der Waals surface area contributed by atoms with Gasteiger partial charge in [0.1, 0.15) is 5.75 Å². The van der Waals surface area contributed by atoms with Gasteiger partial charge in [-0.05, 0) is 30.3 Å². The SMILES string of the molecule is COc1cccc(C(=O)N[C@H]2CC(=O)N(c3ccccc3)C2)c1. The quantitative estimate of drug-likeness (QED) is 0.942. The van der Waals surface area contributed by atoms with Gasteiger partial charge in [0.05, 0.1) is 13.2 Å². The maximum atomic E-state index is 12.3. The van der Waals surface area contributed by atoms with Gasteiger partial charge < -0.3 is 15.0 Å². The Labute approximate surface area is 134 Å². The van der Waals surface area contributed by atoms with E-state index in [0.29, 0.717) is 24.3 Å². The summed E-state index contributed by atoms with van der Waals surface area (Å²) >= 11 is 0. The zero-order valence-corrected chi connectivity index (χ0v) is 12.9. The molecule has 0 aliphatic carbocycles. The fourth-order valence-corrected chi connectivity index (χ4v) is 2.69. The molecule has 1 N–H and O–H groups in total. The molecular formula is C18H18N2O3. The van der Waals surface area contributed by atoms with Crippen molar-refractivity contribution >= 4 is 17.5 Å². The van der Waals surface area contributed by atoms with Crippen molar-refractivity contribution in [1.82, 2.24) is 5.32 Å². The molecule has 1 saturated heterocycles. The van der Waals surface area contributed by atoms with Crippen LogP contribution in [-0.4, -0.2) is 31.5 Å². The first-order chi connectivity index (χ1) is 11.2. The molecule has 2 amide bonds. The van der Waals surface area contributed by atoms with E-state index in [9.17, 15) is 9.59 Å². The number of methoxy groups -OCH3 is 1. The van der Waals surface area contributed by atoms with Gasteiger partial charge in [0, 0.05) is 24.2 Å². The summed E-state index contributed by atoms with van der Waals surface area (Å²) in [5.41, 5.74) is 1.38. The van der Waals surface area contributed by atoms with Crippen LogP contribution in [0.3, 0.4) is 0 Å². The molecule has 0 bridgehead atoms. The predicted molar refractivity (Wildman–Crippen MR) is 87.7 cm³/mol. The number of amides is 2. The van der Waals surface area contributed by atoms with Crippen molar-refractivity contribution < 1.29 is 14.3 Å². The van der Waals surface area contributed by atoms with Gasteiger partial charge in [-0.1, -0.05) is 24.3 Å². The predicted octanol–water partition coefficient (Wildman–Crippen LogP) is 2.23. The molecule has 0 unspecified atom stereocenters. The summed E-state index contributed by atoms with van der Waals surface area (Å²) in [7, 11) is 1.56. The van der Waals surface area contributed by atoms with Gasteiger partial charge in [0.2, 0.25) is 5.91 Å². The first kappa shape index (κ1) is 15.1. The summed E-state index contributed by atoms with van der Waals surface area (Å²) < 4.78 is 5.12. The summed E-state index contributed by atoms with van der Waals surface area (Å²) in [4.78, 5) is 26.2. The Bertz CT molecular complexity index is 715. The molecule has 3 rings (SSSR count). The minimum absolute atomic E-state index is 0.0205. The van der Waals surface area contributed by atoms with Crippen LogP contribution < -0.4 is 15.0 Å². The topological polar surface area (TPSA) is 58.6 Å². The van der Waals surface area contributed by atoms with Gasteiger partial charge in [0.15, 0.2) is 0 Å². The van der Waals surface area contributed by atoms with E-state index in [1.165, 1.54) is 0 Å². The number of ether oxygens (including phenoxy) is 1. The lowest BCUT2D eigenvalue weighted by Crippen LogP contribution is -2.37. The molecule has 1 fully saturated rings. The molecule has 1 aliphatic rings. The molecule has 0 saturated carbocycles. The molecule has 1 atom stereocenters. The third-order valence-electron chi connectivity index (χ3n) is 3.86. The van der Waals surface area contributed by atoms with E-state index >= 15 is 0 Å². The number of rotatable bonds is 4. The minimum atomic E-state index is -0.198. The highest BCUT2D eigenvalue weighted by molar-refractivity contribution is 5.99. The number of anilines is 1. The largest absolute Gasteiger partial charge is 0.497 e. The average Bonchev–Trinajstić information content (AvgIpc) is 2.96. The second kappa shape index (κ2) is 6.52. The number of para-hydroxylation sites is 1. The fraction of sp³-hybridized carbons (Fsp3) is 0.222. The Kier molecular flexibility index (Phi) is 4.28. The van der Waals surface area contributed by atoms with Crippen LogP contribution in [0.1, 0.15) is 16.8 Å². The average molecular weight is 310 g/mol. The van der Waals surface area contributed by atoms with Gasteiger partial charge in [-0.25, -0.2) is 0 Å². The first-order valence-corrected chi connectivity index (χ1v) is 7.47. The molecule has 0 aromatic heterocycles. The molecule has 0 radical (unpaired) electrons. The molecule has 5 heteroatoms. The van der Waals surface area contributed by atoms with Crippen LogP contribution in [0.2, 0.25) is 0 Å².